The summed E-state index contributed by atoms with van der Waals surface area (Å²) < 4.78 is 6.27. The van der Waals surface area contributed by atoms with Crippen molar-refractivity contribution in [3.05, 3.63) is 99.0 Å². The van der Waals surface area contributed by atoms with E-state index in [4.69, 9.17) is 4.74 Å². The quantitative estimate of drug-likeness (QED) is 0.264. The fourth-order valence-corrected chi connectivity index (χ4v) is 4.31. The van der Waals surface area contributed by atoms with E-state index < -0.39 is 17.7 Å². The number of aliphatic hydroxyl groups excluding tert-OH is 1. The van der Waals surface area contributed by atoms with E-state index in [9.17, 15) is 14.7 Å². The second-order valence-corrected chi connectivity index (χ2v) is 8.78. The van der Waals surface area contributed by atoms with Crippen molar-refractivity contribution in [3.63, 3.8) is 0 Å². The molecule has 1 aliphatic rings. The number of carbonyl (C=O) groups excluding carboxylic acids is 2. The predicted molar refractivity (Wildman–Crippen MR) is 132 cm³/mol. The number of Topliss-reactive ketones (excluding diaryl/α,β-unsaturated/α-hetero) is 1. The lowest BCUT2D eigenvalue weighted by atomic mass is 9.94. The van der Waals surface area contributed by atoms with Gasteiger partial charge in [0.1, 0.15) is 11.5 Å². The zero-order valence-electron chi connectivity index (χ0n) is 18.6. The molecule has 1 N–H and O–H groups in total. The van der Waals surface area contributed by atoms with Gasteiger partial charge >= 0.3 is 0 Å². The number of hydrogen-bond donors (Lipinski definition) is 1. The standard InChI is InChI=1S/C27H24BrNO4/c1-4-17-8-11-20(12-9-17)29-24(18-6-5-7-21(15-18)33-3)23(26(31)27(29)32)25(30)19-10-13-22(28)16(2)14-19/h5-15,24,30H,4H2,1-3H3/b25-23-. The molecule has 0 aromatic heterocycles. The lowest BCUT2D eigenvalue weighted by Crippen LogP contribution is -2.29. The summed E-state index contributed by atoms with van der Waals surface area (Å²) in [6.45, 7) is 3.95. The van der Waals surface area contributed by atoms with Crippen LogP contribution in [0.25, 0.3) is 5.76 Å². The van der Waals surface area contributed by atoms with Crippen molar-refractivity contribution in [2.24, 2.45) is 0 Å². The Kier molecular flexibility index (Phi) is 6.38. The topological polar surface area (TPSA) is 66.8 Å². The molecule has 1 amide bonds. The van der Waals surface area contributed by atoms with Gasteiger partial charge in [0.2, 0.25) is 0 Å². The summed E-state index contributed by atoms with van der Waals surface area (Å²) in [4.78, 5) is 28.0. The summed E-state index contributed by atoms with van der Waals surface area (Å²) >= 11 is 3.46. The minimum absolute atomic E-state index is 0.0505. The summed E-state index contributed by atoms with van der Waals surface area (Å²) in [5, 5.41) is 11.3. The molecule has 4 rings (SSSR count). The molecule has 1 saturated heterocycles. The summed E-state index contributed by atoms with van der Waals surface area (Å²) in [7, 11) is 1.56. The molecular formula is C27H24BrNO4. The molecule has 1 unspecified atom stereocenters. The highest BCUT2D eigenvalue weighted by Gasteiger charge is 2.47. The van der Waals surface area contributed by atoms with Gasteiger partial charge in [-0.15, -0.1) is 0 Å². The van der Waals surface area contributed by atoms with E-state index in [1.165, 1.54) is 4.90 Å². The van der Waals surface area contributed by atoms with Crippen LogP contribution in [0.15, 0.2) is 76.8 Å². The molecule has 168 valence electrons. The Morgan fingerprint density at radius 2 is 1.79 bits per heavy atom. The van der Waals surface area contributed by atoms with Crippen LogP contribution in [0.2, 0.25) is 0 Å². The van der Waals surface area contributed by atoms with E-state index in [1.54, 1.807) is 37.4 Å². The molecule has 1 aliphatic heterocycles. The van der Waals surface area contributed by atoms with Crippen molar-refractivity contribution in [3.8, 4) is 5.75 Å². The van der Waals surface area contributed by atoms with Gasteiger partial charge in [-0.1, -0.05) is 53.2 Å². The van der Waals surface area contributed by atoms with Crippen molar-refractivity contribution >= 4 is 39.1 Å². The zero-order chi connectivity index (χ0) is 23.7. The molecule has 1 heterocycles. The van der Waals surface area contributed by atoms with Gasteiger partial charge in [-0.2, -0.15) is 0 Å². The van der Waals surface area contributed by atoms with Crippen LogP contribution in [0.4, 0.5) is 5.69 Å². The average Bonchev–Trinajstić information content (AvgIpc) is 3.11. The molecule has 1 atom stereocenters. The molecule has 0 aliphatic carbocycles. The number of benzene rings is 3. The number of carbonyl (C=O) groups is 2. The van der Waals surface area contributed by atoms with Crippen LogP contribution in [0, 0.1) is 6.92 Å². The van der Waals surface area contributed by atoms with Crippen LogP contribution in [0.1, 0.15) is 35.2 Å². The Labute approximate surface area is 201 Å². The normalized spacial score (nSPS) is 17.5. The molecule has 33 heavy (non-hydrogen) atoms. The smallest absolute Gasteiger partial charge is 0.300 e. The highest BCUT2D eigenvalue weighted by Crippen LogP contribution is 2.43. The lowest BCUT2D eigenvalue weighted by Gasteiger charge is -2.26. The monoisotopic (exact) mass is 505 g/mol. The molecule has 5 nitrogen and oxygen atoms in total. The Morgan fingerprint density at radius 1 is 1.06 bits per heavy atom. The van der Waals surface area contributed by atoms with Crippen molar-refractivity contribution < 1.29 is 19.4 Å². The first kappa shape index (κ1) is 22.8. The number of rotatable bonds is 5. The lowest BCUT2D eigenvalue weighted by molar-refractivity contribution is -0.132. The van der Waals surface area contributed by atoms with Gasteiger partial charge in [-0.3, -0.25) is 14.5 Å². The number of ether oxygens (including phenoxy) is 1. The van der Waals surface area contributed by atoms with E-state index in [0.717, 1.165) is 22.0 Å². The highest BCUT2D eigenvalue weighted by molar-refractivity contribution is 9.10. The first-order valence-corrected chi connectivity index (χ1v) is 11.5. The minimum Gasteiger partial charge on any atom is -0.507 e. The molecule has 0 bridgehead atoms. The molecular weight excluding hydrogens is 482 g/mol. The van der Waals surface area contributed by atoms with Gasteiger partial charge in [0, 0.05) is 15.7 Å². The Morgan fingerprint density at radius 3 is 2.42 bits per heavy atom. The first-order chi connectivity index (χ1) is 15.8. The first-order valence-electron chi connectivity index (χ1n) is 10.7. The molecule has 3 aromatic carbocycles. The summed E-state index contributed by atoms with van der Waals surface area (Å²) in [5.41, 5.74) is 3.81. The highest BCUT2D eigenvalue weighted by atomic mass is 79.9. The fraction of sp³-hybridized carbons (Fsp3) is 0.185. The third-order valence-corrected chi connectivity index (χ3v) is 6.80. The maximum atomic E-state index is 13.3. The number of anilines is 1. The van der Waals surface area contributed by atoms with E-state index in [-0.39, 0.29) is 11.3 Å². The van der Waals surface area contributed by atoms with Gasteiger partial charge in [0.15, 0.2) is 0 Å². The second-order valence-electron chi connectivity index (χ2n) is 7.93. The Bertz CT molecular complexity index is 1260. The second kappa shape index (κ2) is 9.24. The number of ketones is 1. The largest absolute Gasteiger partial charge is 0.507 e. The molecule has 0 spiro atoms. The number of nitrogens with zero attached hydrogens (tertiary/aromatic N) is 1. The summed E-state index contributed by atoms with van der Waals surface area (Å²) in [6, 6.07) is 19.3. The maximum absolute atomic E-state index is 13.3. The van der Waals surface area contributed by atoms with Gasteiger partial charge in [-0.25, -0.2) is 0 Å². The van der Waals surface area contributed by atoms with Gasteiger partial charge in [0.05, 0.1) is 18.7 Å². The van der Waals surface area contributed by atoms with Crippen LogP contribution in [-0.4, -0.2) is 23.9 Å². The maximum Gasteiger partial charge on any atom is 0.300 e. The third-order valence-electron chi connectivity index (χ3n) is 5.91. The Balaban J connectivity index is 1.94. The predicted octanol–water partition coefficient (Wildman–Crippen LogP) is 5.95. The van der Waals surface area contributed by atoms with E-state index >= 15 is 0 Å². The van der Waals surface area contributed by atoms with Gasteiger partial charge in [0.25, 0.3) is 11.7 Å². The van der Waals surface area contributed by atoms with Crippen molar-refractivity contribution in [2.75, 3.05) is 12.0 Å². The molecule has 6 heteroatoms. The number of amides is 1. The number of aliphatic hydroxyl groups is 1. The van der Waals surface area contributed by atoms with Crippen LogP contribution in [0.3, 0.4) is 0 Å². The Hall–Kier alpha value is -3.38. The number of halogens is 1. The number of hydrogen-bond acceptors (Lipinski definition) is 4. The summed E-state index contributed by atoms with van der Waals surface area (Å²) in [5.74, 6) is -1.01. The fourth-order valence-electron chi connectivity index (χ4n) is 4.07. The SMILES string of the molecule is CCc1ccc(N2C(=O)C(=O)/C(=C(\O)c3ccc(Br)c(C)c3)C2c2cccc(OC)c2)cc1. The van der Waals surface area contributed by atoms with E-state index in [0.29, 0.717) is 22.6 Å². The third kappa shape index (κ3) is 4.18. The van der Waals surface area contributed by atoms with Crippen molar-refractivity contribution in [1.82, 2.24) is 0 Å². The number of methoxy groups -OCH3 is 1. The van der Waals surface area contributed by atoms with E-state index in [1.807, 2.05) is 43.3 Å². The van der Waals surface area contributed by atoms with Crippen LogP contribution in [0.5, 0.6) is 5.75 Å². The minimum atomic E-state index is -0.795. The average molecular weight is 506 g/mol. The van der Waals surface area contributed by atoms with Gasteiger partial charge in [-0.05, 0) is 66.4 Å². The van der Waals surface area contributed by atoms with Crippen LogP contribution < -0.4 is 9.64 Å². The van der Waals surface area contributed by atoms with Crippen molar-refractivity contribution in [2.45, 2.75) is 26.3 Å². The molecule has 1 fully saturated rings. The van der Waals surface area contributed by atoms with Crippen molar-refractivity contribution in [1.29, 1.82) is 0 Å². The summed E-state index contributed by atoms with van der Waals surface area (Å²) in [6.07, 6.45) is 0.862. The van der Waals surface area contributed by atoms with Crippen LogP contribution >= 0.6 is 15.9 Å². The molecule has 0 radical (unpaired) electrons. The van der Waals surface area contributed by atoms with Gasteiger partial charge < -0.3 is 9.84 Å². The molecule has 3 aromatic rings. The zero-order valence-corrected chi connectivity index (χ0v) is 20.2. The van der Waals surface area contributed by atoms with E-state index in [2.05, 4.69) is 22.9 Å². The number of aryl methyl sites for hydroxylation is 2. The van der Waals surface area contributed by atoms with Crippen LogP contribution in [-0.2, 0) is 16.0 Å². The molecule has 0 saturated carbocycles.